The minimum Gasteiger partial charge on any atom is -0.508 e. The third-order valence-electron chi connectivity index (χ3n) is 5.12. The number of hydrogen-bond acceptors (Lipinski definition) is 4. The zero-order valence-electron chi connectivity index (χ0n) is 17.4. The van der Waals surface area contributed by atoms with Crippen LogP contribution in [-0.2, 0) is 10.1 Å². The molecule has 27 heavy (non-hydrogen) atoms. The fourth-order valence-corrected chi connectivity index (χ4v) is 4.71. The Kier molecular flexibility index (Phi) is 11.5. The standard InChI is InChI=1S/C22H38O4S/c1-4-6-7-8-9-10-11-12-13-14-15-21(5-2)27(24,25)26-22-18-20(23)17-16-19(22)3/h16-18,21,23H,4-15H2,1-3H3. The SMILES string of the molecule is CCCCCCCCCCCCC(CC)S(=O)(=O)Oc1cc(O)ccc1C. The topological polar surface area (TPSA) is 63.6 Å². The van der Waals surface area contributed by atoms with Crippen molar-refractivity contribution in [2.24, 2.45) is 0 Å². The molecule has 1 aromatic rings. The Morgan fingerprint density at radius 1 is 0.926 bits per heavy atom. The van der Waals surface area contributed by atoms with E-state index in [1.807, 2.05) is 6.92 Å². The highest BCUT2D eigenvalue weighted by molar-refractivity contribution is 7.87. The molecule has 0 fully saturated rings. The molecular weight excluding hydrogens is 360 g/mol. The molecular formula is C22H38O4S. The van der Waals surface area contributed by atoms with E-state index in [-0.39, 0.29) is 11.5 Å². The van der Waals surface area contributed by atoms with E-state index in [2.05, 4.69) is 6.92 Å². The fourth-order valence-electron chi connectivity index (χ4n) is 3.28. The van der Waals surface area contributed by atoms with Crippen molar-refractivity contribution in [3.05, 3.63) is 23.8 Å². The lowest BCUT2D eigenvalue weighted by Crippen LogP contribution is -2.25. The zero-order valence-corrected chi connectivity index (χ0v) is 18.2. The number of rotatable bonds is 15. The number of phenols is 1. The summed E-state index contributed by atoms with van der Waals surface area (Å²) in [7, 11) is -3.69. The van der Waals surface area contributed by atoms with Crippen molar-refractivity contribution >= 4 is 10.1 Å². The first-order valence-electron chi connectivity index (χ1n) is 10.6. The van der Waals surface area contributed by atoms with Gasteiger partial charge < -0.3 is 9.29 Å². The smallest absolute Gasteiger partial charge is 0.312 e. The van der Waals surface area contributed by atoms with Crippen LogP contribution in [0, 0.1) is 6.92 Å². The quantitative estimate of drug-likeness (QED) is 0.270. The van der Waals surface area contributed by atoms with Crippen LogP contribution in [0.2, 0.25) is 0 Å². The maximum Gasteiger partial charge on any atom is 0.312 e. The molecule has 0 saturated carbocycles. The number of aromatic hydroxyl groups is 1. The molecule has 0 spiro atoms. The Labute approximate surface area is 166 Å². The highest BCUT2D eigenvalue weighted by Gasteiger charge is 2.26. The average molecular weight is 399 g/mol. The van der Waals surface area contributed by atoms with Crippen molar-refractivity contribution in [2.75, 3.05) is 0 Å². The molecule has 1 N–H and O–H groups in total. The van der Waals surface area contributed by atoms with E-state index in [4.69, 9.17) is 4.18 Å². The van der Waals surface area contributed by atoms with Gasteiger partial charge >= 0.3 is 10.1 Å². The molecule has 1 atom stereocenters. The summed E-state index contributed by atoms with van der Waals surface area (Å²) < 4.78 is 30.5. The summed E-state index contributed by atoms with van der Waals surface area (Å²) >= 11 is 0. The zero-order chi connectivity index (χ0) is 20.1. The average Bonchev–Trinajstić information content (AvgIpc) is 2.62. The first-order chi connectivity index (χ1) is 12.9. The largest absolute Gasteiger partial charge is 0.508 e. The number of phenolic OH excluding ortho intramolecular Hbond substituents is 1. The predicted molar refractivity (Wildman–Crippen MR) is 113 cm³/mol. The van der Waals surface area contributed by atoms with Gasteiger partial charge in [0.1, 0.15) is 11.5 Å². The molecule has 4 nitrogen and oxygen atoms in total. The van der Waals surface area contributed by atoms with Gasteiger partial charge in [-0.1, -0.05) is 84.1 Å². The highest BCUT2D eigenvalue weighted by Crippen LogP contribution is 2.27. The summed E-state index contributed by atoms with van der Waals surface area (Å²) in [5, 5.41) is 9.07. The first-order valence-corrected chi connectivity index (χ1v) is 12.1. The minimum atomic E-state index is -3.69. The van der Waals surface area contributed by atoms with E-state index < -0.39 is 15.4 Å². The molecule has 0 saturated heterocycles. The molecule has 0 bridgehead atoms. The summed E-state index contributed by atoms with van der Waals surface area (Å²) in [6, 6.07) is 4.54. The number of benzene rings is 1. The van der Waals surface area contributed by atoms with Gasteiger partial charge in [0.25, 0.3) is 0 Å². The predicted octanol–water partition coefficient (Wildman–Crippen LogP) is 6.50. The third kappa shape index (κ3) is 9.50. The fraction of sp³-hybridized carbons (Fsp3) is 0.727. The lowest BCUT2D eigenvalue weighted by molar-refractivity contribution is 0.447. The number of hydrogen-bond donors (Lipinski definition) is 1. The van der Waals surface area contributed by atoms with Gasteiger partial charge in [-0.3, -0.25) is 0 Å². The molecule has 1 unspecified atom stereocenters. The molecule has 0 radical (unpaired) electrons. The molecule has 1 rings (SSSR count). The van der Waals surface area contributed by atoms with Gasteiger partial charge in [0.2, 0.25) is 0 Å². The van der Waals surface area contributed by atoms with Gasteiger partial charge in [-0.05, 0) is 31.4 Å². The van der Waals surface area contributed by atoms with Crippen LogP contribution in [0.3, 0.4) is 0 Å². The summed E-state index contributed by atoms with van der Waals surface area (Å²) in [6.07, 6.45) is 13.5. The molecule has 0 aliphatic rings. The molecule has 0 aromatic heterocycles. The van der Waals surface area contributed by atoms with Gasteiger partial charge in [0.15, 0.2) is 0 Å². The Morgan fingerprint density at radius 3 is 2.04 bits per heavy atom. The van der Waals surface area contributed by atoms with Crippen LogP contribution >= 0.6 is 0 Å². The van der Waals surface area contributed by atoms with Crippen molar-refractivity contribution in [3.8, 4) is 11.5 Å². The third-order valence-corrected chi connectivity index (χ3v) is 6.92. The number of aryl methyl sites for hydroxylation is 1. The van der Waals surface area contributed by atoms with Crippen LogP contribution in [0.4, 0.5) is 0 Å². The maximum atomic E-state index is 12.6. The molecule has 0 amide bonds. The van der Waals surface area contributed by atoms with Crippen LogP contribution in [0.5, 0.6) is 11.5 Å². The maximum absolute atomic E-state index is 12.6. The van der Waals surface area contributed by atoms with Crippen LogP contribution in [0.15, 0.2) is 18.2 Å². The van der Waals surface area contributed by atoms with Crippen molar-refractivity contribution in [1.82, 2.24) is 0 Å². The summed E-state index contributed by atoms with van der Waals surface area (Å²) in [5.74, 6) is 0.227. The molecule has 0 heterocycles. The molecule has 5 heteroatoms. The molecule has 1 aromatic carbocycles. The Balaban J connectivity index is 2.32. The van der Waals surface area contributed by atoms with E-state index in [1.54, 1.807) is 13.0 Å². The summed E-state index contributed by atoms with van der Waals surface area (Å²) in [6.45, 7) is 5.89. The van der Waals surface area contributed by atoms with E-state index in [1.165, 1.54) is 63.5 Å². The van der Waals surface area contributed by atoms with Crippen LogP contribution in [-0.4, -0.2) is 18.8 Å². The van der Waals surface area contributed by atoms with Crippen molar-refractivity contribution in [2.45, 2.75) is 103 Å². The Morgan fingerprint density at radius 2 is 1.48 bits per heavy atom. The van der Waals surface area contributed by atoms with Crippen LogP contribution in [0.25, 0.3) is 0 Å². The van der Waals surface area contributed by atoms with Crippen LogP contribution < -0.4 is 4.18 Å². The lowest BCUT2D eigenvalue weighted by atomic mass is 10.0. The van der Waals surface area contributed by atoms with Gasteiger partial charge in [0.05, 0.1) is 5.25 Å². The second kappa shape index (κ2) is 13.0. The highest BCUT2D eigenvalue weighted by atomic mass is 32.2. The monoisotopic (exact) mass is 398 g/mol. The van der Waals surface area contributed by atoms with Crippen LogP contribution in [0.1, 0.15) is 96.5 Å². The number of unbranched alkanes of at least 4 members (excludes halogenated alkanes) is 9. The van der Waals surface area contributed by atoms with Crippen molar-refractivity contribution in [1.29, 1.82) is 0 Å². The Bertz CT molecular complexity index is 625. The normalized spacial score (nSPS) is 12.9. The second-order valence-corrected chi connectivity index (χ2v) is 9.35. The molecule has 0 aliphatic carbocycles. The van der Waals surface area contributed by atoms with Gasteiger partial charge in [-0.25, -0.2) is 0 Å². The van der Waals surface area contributed by atoms with Gasteiger partial charge in [-0.15, -0.1) is 0 Å². The van der Waals surface area contributed by atoms with Crippen molar-refractivity contribution < 1.29 is 17.7 Å². The molecule has 0 aliphatic heterocycles. The first kappa shape index (κ1) is 23.8. The van der Waals surface area contributed by atoms with E-state index >= 15 is 0 Å². The van der Waals surface area contributed by atoms with Crippen molar-refractivity contribution in [3.63, 3.8) is 0 Å². The lowest BCUT2D eigenvalue weighted by Gasteiger charge is -2.17. The summed E-state index contributed by atoms with van der Waals surface area (Å²) in [5.41, 5.74) is 0.699. The van der Waals surface area contributed by atoms with E-state index in [9.17, 15) is 13.5 Å². The Hall–Kier alpha value is -1.23. The molecule has 156 valence electrons. The van der Waals surface area contributed by atoms with Gasteiger partial charge in [0, 0.05) is 6.07 Å². The van der Waals surface area contributed by atoms with E-state index in [0.717, 1.165) is 12.8 Å². The summed E-state index contributed by atoms with van der Waals surface area (Å²) in [4.78, 5) is 0. The van der Waals surface area contributed by atoms with Gasteiger partial charge in [-0.2, -0.15) is 8.42 Å². The minimum absolute atomic E-state index is 0.00791. The second-order valence-electron chi connectivity index (χ2n) is 7.53. The van der Waals surface area contributed by atoms with E-state index in [0.29, 0.717) is 18.4 Å².